The van der Waals surface area contributed by atoms with Crippen LogP contribution in [0.1, 0.15) is 32.6 Å². The van der Waals surface area contributed by atoms with Crippen molar-refractivity contribution < 1.29 is 13.2 Å². The highest BCUT2D eigenvalue weighted by Gasteiger charge is 2.28. The molecular weight excluding hydrogens is 252 g/mol. The molecular formula is C12H22N2O3S. The molecule has 2 aliphatic rings. The largest absolute Gasteiger partial charge is 0.353 e. The smallest absolute Gasteiger partial charge is 0.221 e. The number of sulfone groups is 1. The summed E-state index contributed by atoms with van der Waals surface area (Å²) < 4.78 is 22.9. The Morgan fingerprint density at radius 2 is 2.17 bits per heavy atom. The van der Waals surface area contributed by atoms with Crippen LogP contribution in [-0.4, -0.2) is 44.5 Å². The van der Waals surface area contributed by atoms with E-state index < -0.39 is 9.84 Å². The zero-order valence-electron chi connectivity index (χ0n) is 10.8. The summed E-state index contributed by atoms with van der Waals surface area (Å²) in [5.41, 5.74) is 0. The number of hydrogen-bond donors (Lipinski definition) is 2. The first-order chi connectivity index (χ1) is 8.46. The molecule has 0 bridgehead atoms. The minimum Gasteiger partial charge on any atom is -0.353 e. The summed E-state index contributed by atoms with van der Waals surface area (Å²) in [6.45, 7) is 2.61. The second kappa shape index (κ2) is 5.57. The number of amides is 1. The van der Waals surface area contributed by atoms with Gasteiger partial charge in [0.25, 0.3) is 0 Å². The van der Waals surface area contributed by atoms with Crippen molar-refractivity contribution in [3.63, 3.8) is 0 Å². The van der Waals surface area contributed by atoms with Crippen molar-refractivity contribution in [2.75, 3.05) is 18.1 Å². The van der Waals surface area contributed by atoms with Crippen LogP contribution >= 0.6 is 0 Å². The quantitative estimate of drug-likeness (QED) is 0.763. The summed E-state index contributed by atoms with van der Waals surface area (Å²) in [7, 11) is -2.96. The van der Waals surface area contributed by atoms with Crippen LogP contribution in [0.3, 0.4) is 0 Å². The molecule has 3 atom stereocenters. The van der Waals surface area contributed by atoms with Crippen molar-refractivity contribution in [1.29, 1.82) is 0 Å². The van der Waals surface area contributed by atoms with Gasteiger partial charge in [-0.05, 0) is 18.8 Å². The highest BCUT2D eigenvalue weighted by molar-refractivity contribution is 7.91. The first-order valence-corrected chi connectivity index (χ1v) is 8.51. The third-order valence-corrected chi connectivity index (χ3v) is 5.68. The molecule has 0 spiro atoms. The van der Waals surface area contributed by atoms with Crippen LogP contribution in [0.4, 0.5) is 0 Å². The van der Waals surface area contributed by atoms with E-state index in [1.54, 1.807) is 0 Å². The van der Waals surface area contributed by atoms with E-state index in [-0.39, 0.29) is 35.9 Å². The summed E-state index contributed by atoms with van der Waals surface area (Å²) >= 11 is 0. The molecule has 0 aromatic heterocycles. The van der Waals surface area contributed by atoms with E-state index in [9.17, 15) is 13.2 Å². The fraction of sp³-hybridized carbons (Fsp3) is 0.917. The second-order valence-corrected chi connectivity index (χ2v) is 7.78. The molecule has 6 heteroatoms. The minimum atomic E-state index is -2.96. The highest BCUT2D eigenvalue weighted by Crippen LogP contribution is 2.24. The van der Waals surface area contributed by atoms with Gasteiger partial charge in [0.15, 0.2) is 9.84 Å². The highest BCUT2D eigenvalue weighted by atomic mass is 32.2. The van der Waals surface area contributed by atoms with E-state index >= 15 is 0 Å². The van der Waals surface area contributed by atoms with E-state index in [1.807, 2.05) is 0 Å². The topological polar surface area (TPSA) is 75.3 Å². The van der Waals surface area contributed by atoms with Gasteiger partial charge in [-0.15, -0.1) is 0 Å². The zero-order chi connectivity index (χ0) is 13.2. The monoisotopic (exact) mass is 274 g/mol. The number of carbonyl (C=O) groups excluding carboxylic acids is 1. The summed E-state index contributed by atoms with van der Waals surface area (Å²) in [4.78, 5) is 11.9. The van der Waals surface area contributed by atoms with Crippen molar-refractivity contribution in [3.8, 4) is 0 Å². The van der Waals surface area contributed by atoms with Gasteiger partial charge in [0.1, 0.15) is 0 Å². The Morgan fingerprint density at radius 1 is 1.39 bits per heavy atom. The van der Waals surface area contributed by atoms with E-state index in [0.717, 1.165) is 6.42 Å². The van der Waals surface area contributed by atoms with Crippen molar-refractivity contribution in [3.05, 3.63) is 0 Å². The van der Waals surface area contributed by atoms with Gasteiger partial charge < -0.3 is 10.6 Å². The molecule has 18 heavy (non-hydrogen) atoms. The Bertz CT molecular complexity index is 408. The van der Waals surface area contributed by atoms with Gasteiger partial charge in [-0.2, -0.15) is 0 Å². The Labute approximate surface area is 109 Å². The summed E-state index contributed by atoms with van der Waals surface area (Å²) in [5.74, 6) is 0.783. The molecule has 0 aromatic rings. The molecule has 3 unspecified atom stereocenters. The van der Waals surface area contributed by atoms with Crippen LogP contribution in [-0.2, 0) is 14.6 Å². The maximum Gasteiger partial charge on any atom is 0.221 e. The summed E-state index contributed by atoms with van der Waals surface area (Å²) in [6, 6.07) is 0.0538. The fourth-order valence-electron chi connectivity index (χ4n) is 2.85. The van der Waals surface area contributed by atoms with Gasteiger partial charge in [-0.25, -0.2) is 8.42 Å². The van der Waals surface area contributed by atoms with Gasteiger partial charge >= 0.3 is 0 Å². The fourth-order valence-corrected chi connectivity index (χ4v) is 4.29. The first kappa shape index (κ1) is 13.8. The van der Waals surface area contributed by atoms with E-state index in [2.05, 4.69) is 17.6 Å². The third kappa shape index (κ3) is 3.68. The predicted molar refractivity (Wildman–Crippen MR) is 70.0 cm³/mol. The van der Waals surface area contributed by atoms with Crippen LogP contribution in [0.2, 0.25) is 0 Å². The zero-order valence-corrected chi connectivity index (χ0v) is 11.6. The second-order valence-electron chi connectivity index (χ2n) is 5.55. The predicted octanol–water partition coefficient (Wildman–Crippen LogP) is 0.0679. The lowest BCUT2D eigenvalue weighted by Gasteiger charge is -2.24. The summed E-state index contributed by atoms with van der Waals surface area (Å²) in [5, 5.41) is 6.13. The van der Waals surface area contributed by atoms with Crippen molar-refractivity contribution in [2.45, 2.75) is 44.7 Å². The Hall–Kier alpha value is -0.620. The number of hydrogen-bond acceptors (Lipinski definition) is 4. The van der Waals surface area contributed by atoms with Gasteiger partial charge in [0.05, 0.1) is 11.5 Å². The lowest BCUT2D eigenvalue weighted by atomic mass is 10.1. The van der Waals surface area contributed by atoms with Gasteiger partial charge in [0, 0.05) is 25.0 Å². The molecule has 2 fully saturated rings. The lowest BCUT2D eigenvalue weighted by Crippen LogP contribution is -2.48. The molecule has 1 saturated heterocycles. The molecule has 1 amide bonds. The van der Waals surface area contributed by atoms with Crippen molar-refractivity contribution >= 4 is 15.7 Å². The van der Waals surface area contributed by atoms with Crippen LogP contribution in [0.25, 0.3) is 0 Å². The third-order valence-electron chi connectivity index (χ3n) is 3.94. The standard InChI is InChI=1S/C12H22N2O3S/c1-9-3-2-4-11(9)14-12(15)7-10-8-18(16,17)6-5-13-10/h9-11,13H,2-8H2,1H3,(H,14,15). The summed E-state index contributed by atoms with van der Waals surface area (Å²) in [6.07, 6.45) is 3.65. The van der Waals surface area contributed by atoms with Crippen molar-refractivity contribution in [2.24, 2.45) is 5.92 Å². The Morgan fingerprint density at radius 3 is 2.78 bits per heavy atom. The lowest BCUT2D eigenvalue weighted by molar-refractivity contribution is -0.122. The number of carbonyl (C=O) groups is 1. The van der Waals surface area contributed by atoms with E-state index in [0.29, 0.717) is 12.5 Å². The molecule has 0 aromatic carbocycles. The van der Waals surface area contributed by atoms with Gasteiger partial charge in [0.2, 0.25) is 5.91 Å². The number of nitrogens with one attached hydrogen (secondary N) is 2. The first-order valence-electron chi connectivity index (χ1n) is 6.69. The van der Waals surface area contributed by atoms with E-state index in [1.165, 1.54) is 12.8 Å². The molecule has 1 saturated carbocycles. The van der Waals surface area contributed by atoms with E-state index in [4.69, 9.17) is 0 Å². The maximum absolute atomic E-state index is 11.9. The van der Waals surface area contributed by atoms with Crippen LogP contribution < -0.4 is 10.6 Å². The average Bonchev–Trinajstić information content (AvgIpc) is 2.62. The maximum atomic E-state index is 11.9. The Kier molecular flexibility index (Phi) is 4.27. The van der Waals surface area contributed by atoms with Crippen LogP contribution in [0.5, 0.6) is 0 Å². The molecule has 1 aliphatic heterocycles. The SMILES string of the molecule is CC1CCCC1NC(=O)CC1CS(=O)(=O)CCN1. The Balaban J connectivity index is 1.80. The van der Waals surface area contributed by atoms with Gasteiger partial charge in [-0.3, -0.25) is 4.79 Å². The normalized spacial score (nSPS) is 35.3. The van der Waals surface area contributed by atoms with Gasteiger partial charge in [-0.1, -0.05) is 13.3 Å². The molecule has 1 aliphatic carbocycles. The molecule has 2 rings (SSSR count). The molecule has 0 radical (unpaired) electrons. The minimum absolute atomic E-state index is 0.0247. The molecule has 2 N–H and O–H groups in total. The number of rotatable bonds is 3. The van der Waals surface area contributed by atoms with Crippen molar-refractivity contribution in [1.82, 2.24) is 10.6 Å². The molecule has 5 nitrogen and oxygen atoms in total. The van der Waals surface area contributed by atoms with Crippen LogP contribution in [0, 0.1) is 5.92 Å². The molecule has 1 heterocycles. The molecule has 104 valence electrons. The average molecular weight is 274 g/mol. The van der Waals surface area contributed by atoms with Crippen LogP contribution in [0.15, 0.2) is 0 Å².